The average molecular weight is 407 g/mol. The zero-order chi connectivity index (χ0) is 20.9. The third-order valence-corrected chi connectivity index (χ3v) is 5.06. The molecule has 0 bridgehead atoms. The van der Waals surface area contributed by atoms with Gasteiger partial charge in [-0.15, -0.1) is 0 Å². The Labute approximate surface area is 173 Å². The first-order valence-electron chi connectivity index (χ1n) is 9.98. The van der Waals surface area contributed by atoms with Crippen molar-refractivity contribution >= 4 is 17.5 Å². The second kappa shape index (κ2) is 8.90. The lowest BCUT2D eigenvalue weighted by Gasteiger charge is -2.15. The third-order valence-electron chi connectivity index (χ3n) is 5.06. The Morgan fingerprint density at radius 3 is 2.43 bits per heavy atom. The van der Waals surface area contributed by atoms with Crippen molar-refractivity contribution in [1.82, 2.24) is 9.88 Å². The van der Waals surface area contributed by atoms with Crippen molar-refractivity contribution in [3.8, 4) is 11.3 Å². The number of rotatable bonds is 6. The predicted octanol–water partition coefficient (Wildman–Crippen LogP) is 4.29. The molecule has 1 aliphatic rings. The number of likely N-dealkylation sites (tertiary alicyclic amines) is 1. The lowest BCUT2D eigenvalue weighted by Crippen LogP contribution is -2.27. The zero-order valence-electron chi connectivity index (χ0n) is 16.4. The van der Waals surface area contributed by atoms with Gasteiger partial charge < -0.3 is 14.6 Å². The highest BCUT2D eigenvalue weighted by Crippen LogP contribution is 2.21. The first-order chi connectivity index (χ1) is 14.6. The molecule has 0 radical (unpaired) electrons. The van der Waals surface area contributed by atoms with E-state index >= 15 is 0 Å². The first-order valence-corrected chi connectivity index (χ1v) is 9.98. The van der Waals surface area contributed by atoms with Gasteiger partial charge >= 0.3 is 0 Å². The van der Waals surface area contributed by atoms with E-state index in [-0.39, 0.29) is 24.1 Å². The van der Waals surface area contributed by atoms with Crippen LogP contribution in [-0.2, 0) is 11.2 Å². The summed E-state index contributed by atoms with van der Waals surface area (Å²) in [7, 11) is 0. The number of nitrogens with one attached hydrogen (secondary N) is 1. The van der Waals surface area contributed by atoms with Gasteiger partial charge in [0, 0.05) is 42.7 Å². The molecule has 1 aliphatic heterocycles. The highest BCUT2D eigenvalue weighted by molar-refractivity contribution is 5.96. The standard InChI is InChI=1S/C23H22FN3O3/c24-18-7-3-16(4-8-18)20-15-25-22(30-20)12-11-21(28)26-19-9-5-17(6-10-19)23(29)27-13-1-2-14-27/h3-10,15H,1-2,11-14H2,(H,26,28). The van der Waals surface area contributed by atoms with Gasteiger partial charge in [-0.05, 0) is 61.4 Å². The fourth-order valence-electron chi connectivity index (χ4n) is 3.42. The van der Waals surface area contributed by atoms with Crippen molar-refractivity contribution in [1.29, 1.82) is 0 Å². The van der Waals surface area contributed by atoms with Crippen LogP contribution in [0.4, 0.5) is 10.1 Å². The fraction of sp³-hybridized carbons (Fsp3) is 0.261. The number of nitrogens with zero attached hydrogens (tertiary/aromatic N) is 2. The number of anilines is 1. The van der Waals surface area contributed by atoms with Crippen LogP contribution in [0, 0.1) is 5.82 Å². The summed E-state index contributed by atoms with van der Waals surface area (Å²) in [5, 5.41) is 2.82. The van der Waals surface area contributed by atoms with Gasteiger partial charge in [0.05, 0.1) is 6.20 Å². The van der Waals surface area contributed by atoms with Gasteiger partial charge in [0.1, 0.15) is 5.82 Å². The molecule has 2 amide bonds. The van der Waals surface area contributed by atoms with Gasteiger partial charge in [0.25, 0.3) is 5.91 Å². The van der Waals surface area contributed by atoms with Gasteiger partial charge in [0.15, 0.2) is 11.7 Å². The molecule has 0 saturated carbocycles. The van der Waals surface area contributed by atoms with Crippen molar-refractivity contribution in [2.45, 2.75) is 25.7 Å². The maximum absolute atomic E-state index is 13.0. The van der Waals surface area contributed by atoms with Crippen molar-refractivity contribution in [2.24, 2.45) is 0 Å². The van der Waals surface area contributed by atoms with Gasteiger partial charge in [0.2, 0.25) is 5.91 Å². The molecule has 1 saturated heterocycles. The third kappa shape index (κ3) is 4.74. The minimum Gasteiger partial charge on any atom is -0.441 e. The summed E-state index contributed by atoms with van der Waals surface area (Å²) in [4.78, 5) is 30.6. The molecule has 1 aromatic heterocycles. The minimum atomic E-state index is -0.316. The van der Waals surface area contributed by atoms with Crippen LogP contribution in [0.3, 0.4) is 0 Å². The first kappa shape index (κ1) is 19.8. The molecule has 1 fully saturated rings. The van der Waals surface area contributed by atoms with Crippen molar-refractivity contribution in [3.05, 3.63) is 72.0 Å². The van der Waals surface area contributed by atoms with E-state index in [0.717, 1.165) is 31.5 Å². The van der Waals surface area contributed by atoms with Gasteiger partial charge in [-0.3, -0.25) is 9.59 Å². The summed E-state index contributed by atoms with van der Waals surface area (Å²) < 4.78 is 18.7. The molecule has 1 N–H and O–H groups in total. The fourth-order valence-corrected chi connectivity index (χ4v) is 3.42. The summed E-state index contributed by atoms with van der Waals surface area (Å²) in [5.74, 6) is 0.518. The van der Waals surface area contributed by atoms with E-state index in [2.05, 4.69) is 10.3 Å². The lowest BCUT2D eigenvalue weighted by atomic mass is 10.1. The number of hydrogen-bond donors (Lipinski definition) is 1. The van der Waals surface area contributed by atoms with Crippen LogP contribution < -0.4 is 5.32 Å². The number of amides is 2. The lowest BCUT2D eigenvalue weighted by molar-refractivity contribution is -0.116. The Bertz CT molecular complexity index is 1020. The smallest absolute Gasteiger partial charge is 0.253 e. The maximum Gasteiger partial charge on any atom is 0.253 e. The second-order valence-corrected chi connectivity index (χ2v) is 7.25. The zero-order valence-corrected chi connectivity index (χ0v) is 16.4. The minimum absolute atomic E-state index is 0.0335. The van der Waals surface area contributed by atoms with Crippen LogP contribution >= 0.6 is 0 Å². The summed E-state index contributed by atoms with van der Waals surface area (Å²) in [6.07, 6.45) is 4.22. The Kier molecular flexibility index (Phi) is 5.88. The molecular weight excluding hydrogens is 385 g/mol. The summed E-state index contributed by atoms with van der Waals surface area (Å²) in [5.41, 5.74) is 1.99. The average Bonchev–Trinajstić information content (AvgIpc) is 3.45. The topological polar surface area (TPSA) is 75.4 Å². The van der Waals surface area contributed by atoms with Crippen LogP contribution in [0.25, 0.3) is 11.3 Å². The van der Waals surface area contributed by atoms with E-state index in [0.29, 0.717) is 29.3 Å². The van der Waals surface area contributed by atoms with Gasteiger partial charge in [-0.2, -0.15) is 0 Å². The van der Waals surface area contributed by atoms with Gasteiger partial charge in [-0.25, -0.2) is 9.37 Å². The number of halogens is 1. The summed E-state index contributed by atoms with van der Waals surface area (Å²) in [6, 6.07) is 12.9. The molecule has 7 heteroatoms. The van der Waals surface area contributed by atoms with Crippen LogP contribution in [0.2, 0.25) is 0 Å². The van der Waals surface area contributed by atoms with Gasteiger partial charge in [-0.1, -0.05) is 0 Å². The monoisotopic (exact) mass is 407 g/mol. The molecule has 0 aliphatic carbocycles. The SMILES string of the molecule is O=C(CCc1ncc(-c2ccc(F)cc2)o1)Nc1ccc(C(=O)N2CCCC2)cc1. The molecule has 6 nitrogen and oxygen atoms in total. The Balaban J connectivity index is 1.28. The van der Waals surface area contributed by atoms with Crippen molar-refractivity contribution in [3.63, 3.8) is 0 Å². The number of aromatic nitrogens is 1. The molecule has 2 aromatic carbocycles. The Morgan fingerprint density at radius 1 is 1.03 bits per heavy atom. The molecule has 3 aromatic rings. The Morgan fingerprint density at radius 2 is 1.73 bits per heavy atom. The number of hydrogen-bond acceptors (Lipinski definition) is 4. The molecule has 154 valence electrons. The molecule has 0 unspecified atom stereocenters. The largest absolute Gasteiger partial charge is 0.441 e. The van der Waals surface area contributed by atoms with Crippen molar-refractivity contribution in [2.75, 3.05) is 18.4 Å². The molecule has 0 spiro atoms. The second-order valence-electron chi connectivity index (χ2n) is 7.25. The normalized spacial score (nSPS) is 13.4. The number of carbonyl (C=O) groups excluding carboxylic acids is 2. The number of carbonyl (C=O) groups is 2. The molecule has 0 atom stereocenters. The molecule has 4 rings (SSSR count). The predicted molar refractivity (Wildman–Crippen MR) is 110 cm³/mol. The van der Waals surface area contributed by atoms with Crippen LogP contribution in [0.5, 0.6) is 0 Å². The van der Waals surface area contributed by atoms with Crippen LogP contribution in [0.15, 0.2) is 59.1 Å². The maximum atomic E-state index is 13.0. The van der Waals surface area contributed by atoms with E-state index in [4.69, 9.17) is 4.42 Å². The molecule has 30 heavy (non-hydrogen) atoms. The Hall–Kier alpha value is -3.48. The van der Waals surface area contributed by atoms with E-state index in [1.165, 1.54) is 12.1 Å². The van der Waals surface area contributed by atoms with Crippen LogP contribution in [-0.4, -0.2) is 34.8 Å². The molecular formula is C23H22FN3O3. The number of aryl methyl sites for hydroxylation is 1. The quantitative estimate of drug-likeness (QED) is 0.662. The van der Waals surface area contributed by atoms with Crippen molar-refractivity contribution < 1.29 is 18.4 Å². The van der Waals surface area contributed by atoms with E-state index in [9.17, 15) is 14.0 Å². The van der Waals surface area contributed by atoms with E-state index in [1.54, 1.807) is 42.6 Å². The highest BCUT2D eigenvalue weighted by atomic mass is 19.1. The van der Waals surface area contributed by atoms with E-state index < -0.39 is 0 Å². The van der Waals surface area contributed by atoms with Crippen LogP contribution in [0.1, 0.15) is 35.5 Å². The molecule has 2 heterocycles. The summed E-state index contributed by atoms with van der Waals surface area (Å²) >= 11 is 0. The number of benzene rings is 2. The summed E-state index contributed by atoms with van der Waals surface area (Å²) in [6.45, 7) is 1.61. The van der Waals surface area contributed by atoms with E-state index in [1.807, 2.05) is 4.90 Å². The highest BCUT2D eigenvalue weighted by Gasteiger charge is 2.19. The number of oxazole rings is 1.